The maximum Gasteiger partial charge on any atom is 0.100 e. The van der Waals surface area contributed by atoms with Crippen LogP contribution in [-0.4, -0.2) is 51.7 Å². The normalized spacial score (nSPS) is 54.2. The predicted octanol–water partition coefficient (Wildman–Crippen LogP) is 4.15. The van der Waals surface area contributed by atoms with Crippen LogP contribution in [0.3, 0.4) is 0 Å². The average Bonchev–Trinajstić information content (AvgIpc) is 3.30. The molecule has 0 aromatic carbocycles. The van der Waals surface area contributed by atoms with Crippen LogP contribution in [0.15, 0.2) is 9.98 Å². The number of fused-ring (bicyclic) bond motifs is 3. The second-order valence-electron chi connectivity index (χ2n) is 11.1. The van der Waals surface area contributed by atoms with Crippen LogP contribution in [0.2, 0.25) is 0 Å². The third kappa shape index (κ3) is 3.17. The maximum atomic E-state index is 6.53. The Bertz CT molecular complexity index is 697. The van der Waals surface area contributed by atoms with E-state index in [9.17, 15) is 0 Å². The van der Waals surface area contributed by atoms with Crippen molar-refractivity contribution >= 4 is 6.01 Å². The van der Waals surface area contributed by atoms with Crippen molar-refractivity contribution < 1.29 is 14.2 Å². The molecule has 26 heavy (non-hydrogen) atoms. The van der Waals surface area contributed by atoms with Crippen LogP contribution in [0, 0.1) is 0 Å². The molecule has 4 aliphatic rings. The molecule has 3 saturated carbocycles. The van der Waals surface area contributed by atoms with E-state index in [2.05, 4.69) is 71.4 Å². The van der Waals surface area contributed by atoms with Gasteiger partial charge in [0.1, 0.15) is 5.54 Å². The van der Waals surface area contributed by atoms with Gasteiger partial charge < -0.3 is 14.2 Å². The largest absolute Gasteiger partial charge is 0.370 e. The van der Waals surface area contributed by atoms with E-state index in [1.54, 1.807) is 0 Å². The minimum Gasteiger partial charge on any atom is -0.370 e. The van der Waals surface area contributed by atoms with Gasteiger partial charge in [0.05, 0.1) is 46.2 Å². The van der Waals surface area contributed by atoms with Gasteiger partial charge in [0, 0.05) is 25.7 Å². The van der Waals surface area contributed by atoms with E-state index in [1.807, 2.05) is 0 Å². The van der Waals surface area contributed by atoms with Crippen molar-refractivity contribution in [2.45, 2.75) is 127 Å². The van der Waals surface area contributed by atoms with E-state index in [0.717, 1.165) is 25.7 Å². The van der Waals surface area contributed by atoms with Crippen LogP contribution in [0.5, 0.6) is 0 Å². The lowest BCUT2D eigenvalue weighted by molar-refractivity contribution is -0.138. The van der Waals surface area contributed by atoms with Gasteiger partial charge in [-0.1, -0.05) is 0 Å². The van der Waals surface area contributed by atoms with Crippen LogP contribution < -0.4 is 0 Å². The van der Waals surface area contributed by atoms with Gasteiger partial charge >= 0.3 is 0 Å². The summed E-state index contributed by atoms with van der Waals surface area (Å²) in [7, 11) is 0. The molecule has 3 aliphatic carbocycles. The Balaban J connectivity index is 1.61. The number of nitrogens with zero attached hydrogens (tertiary/aromatic N) is 2. The fraction of sp³-hybridized carbons (Fsp3) is 0.952. The van der Waals surface area contributed by atoms with Crippen molar-refractivity contribution in [3.63, 3.8) is 0 Å². The molecule has 0 saturated heterocycles. The van der Waals surface area contributed by atoms with Crippen LogP contribution in [0.25, 0.3) is 0 Å². The zero-order valence-corrected chi connectivity index (χ0v) is 17.6. The molecule has 0 amide bonds. The molecule has 1 aliphatic heterocycles. The molecule has 0 aromatic heterocycles. The van der Waals surface area contributed by atoms with Gasteiger partial charge in [-0.25, -0.2) is 9.98 Å². The van der Waals surface area contributed by atoms with Crippen molar-refractivity contribution in [3.05, 3.63) is 0 Å². The third-order valence-corrected chi connectivity index (χ3v) is 6.77. The van der Waals surface area contributed by atoms with E-state index in [0.29, 0.717) is 0 Å². The fourth-order valence-electron chi connectivity index (χ4n) is 4.75. The summed E-state index contributed by atoms with van der Waals surface area (Å²) >= 11 is 0. The Morgan fingerprint density at radius 2 is 1.38 bits per heavy atom. The van der Waals surface area contributed by atoms with Gasteiger partial charge in [-0.05, 0) is 55.4 Å². The molecule has 0 radical (unpaired) electrons. The van der Waals surface area contributed by atoms with Crippen molar-refractivity contribution in [2.75, 3.05) is 0 Å². The molecule has 6 atom stereocenters. The molecule has 5 nitrogen and oxygen atoms in total. The average molecular weight is 363 g/mol. The topological polar surface area (TPSA) is 52.4 Å². The van der Waals surface area contributed by atoms with Gasteiger partial charge in [0.15, 0.2) is 0 Å². The Kier molecular flexibility index (Phi) is 3.58. The molecule has 4 rings (SSSR count). The van der Waals surface area contributed by atoms with Crippen LogP contribution in [0.1, 0.15) is 81.1 Å². The molecule has 0 spiro atoms. The highest BCUT2D eigenvalue weighted by atomic mass is 16.6. The quantitative estimate of drug-likeness (QED) is 0.650. The molecular formula is C21H34N2O3. The smallest absolute Gasteiger partial charge is 0.100 e. The molecule has 6 unspecified atom stereocenters. The monoisotopic (exact) mass is 362 g/mol. The van der Waals surface area contributed by atoms with Gasteiger partial charge in [0.2, 0.25) is 0 Å². The molecule has 0 bridgehead atoms. The third-order valence-electron chi connectivity index (χ3n) is 6.77. The molecule has 3 fully saturated rings. The SMILES string of the molecule is CC1(C)CC(C)(C)OC2CC2(C)OC2(C)CC2(C)N=C=NC2(C)CC2O1. The van der Waals surface area contributed by atoms with E-state index >= 15 is 0 Å². The summed E-state index contributed by atoms with van der Waals surface area (Å²) in [6, 6.07) is 2.99. The number of hydrogen-bond acceptors (Lipinski definition) is 5. The Morgan fingerprint density at radius 1 is 0.769 bits per heavy atom. The van der Waals surface area contributed by atoms with Gasteiger partial charge in [-0.15, -0.1) is 0 Å². The number of aliphatic imine (C=N–C) groups is 2. The lowest BCUT2D eigenvalue weighted by Gasteiger charge is -2.36. The highest BCUT2D eigenvalue weighted by Crippen LogP contribution is 2.59. The highest BCUT2D eigenvalue weighted by molar-refractivity contribution is 5.48. The van der Waals surface area contributed by atoms with E-state index in [4.69, 9.17) is 14.2 Å². The number of hydrogen-bond donors (Lipinski definition) is 0. The van der Waals surface area contributed by atoms with Gasteiger partial charge in [-0.3, -0.25) is 0 Å². The molecular weight excluding hydrogens is 328 g/mol. The minimum absolute atomic E-state index is 0.127. The van der Waals surface area contributed by atoms with E-state index in [-0.39, 0.29) is 45.7 Å². The molecule has 1 heterocycles. The van der Waals surface area contributed by atoms with E-state index < -0.39 is 0 Å². The van der Waals surface area contributed by atoms with Gasteiger partial charge in [-0.2, -0.15) is 0 Å². The lowest BCUT2D eigenvalue weighted by atomic mass is 9.92. The van der Waals surface area contributed by atoms with Crippen molar-refractivity contribution in [1.29, 1.82) is 0 Å². The zero-order chi connectivity index (χ0) is 19.2. The second kappa shape index (κ2) is 5.00. The number of rotatable bonds is 0. The van der Waals surface area contributed by atoms with Crippen molar-refractivity contribution in [1.82, 2.24) is 0 Å². The summed E-state index contributed by atoms with van der Waals surface area (Å²) in [6.45, 7) is 17.2. The Morgan fingerprint density at radius 3 is 2.04 bits per heavy atom. The lowest BCUT2D eigenvalue weighted by Crippen LogP contribution is -2.40. The summed E-state index contributed by atoms with van der Waals surface area (Å²) < 4.78 is 19.4. The van der Waals surface area contributed by atoms with E-state index in [1.165, 1.54) is 0 Å². The Hall–Kier alpha value is -0.740. The van der Waals surface area contributed by atoms with Crippen molar-refractivity contribution in [3.8, 4) is 0 Å². The molecule has 146 valence electrons. The minimum atomic E-state index is -0.273. The zero-order valence-electron chi connectivity index (χ0n) is 17.6. The first-order valence-electron chi connectivity index (χ1n) is 9.95. The second-order valence-corrected chi connectivity index (χ2v) is 11.1. The van der Waals surface area contributed by atoms with Crippen LogP contribution >= 0.6 is 0 Å². The highest BCUT2D eigenvalue weighted by Gasteiger charge is 2.69. The first-order valence-corrected chi connectivity index (χ1v) is 9.95. The molecule has 0 aromatic rings. The first kappa shape index (κ1) is 18.6. The molecule has 0 N–H and O–H groups in total. The summed E-state index contributed by atoms with van der Waals surface area (Å²) in [5.41, 5.74) is -1.48. The van der Waals surface area contributed by atoms with Crippen LogP contribution in [-0.2, 0) is 14.2 Å². The fourth-order valence-corrected chi connectivity index (χ4v) is 4.75. The standard InChI is InChI=1S/C21H34N2O3/c1-16(2)11-17(3,4)25-15-10-19(15,6)26-21(8)12-20(21,7)23-13-22-18(5)9-14(18)24-16/h14-15H,9-12H2,1-8H3. The van der Waals surface area contributed by atoms with Gasteiger partial charge in [0.25, 0.3) is 0 Å². The number of ether oxygens (including phenoxy) is 3. The first-order chi connectivity index (χ1) is 11.7. The summed E-state index contributed by atoms with van der Waals surface area (Å²) in [4.78, 5) is 9.26. The predicted molar refractivity (Wildman–Crippen MR) is 101 cm³/mol. The van der Waals surface area contributed by atoms with Crippen LogP contribution in [0.4, 0.5) is 0 Å². The Labute approximate surface area is 157 Å². The maximum absolute atomic E-state index is 6.53. The summed E-state index contributed by atoms with van der Waals surface area (Å²) in [6.07, 6.45) is 3.84. The summed E-state index contributed by atoms with van der Waals surface area (Å²) in [5, 5.41) is 0. The van der Waals surface area contributed by atoms with Crippen molar-refractivity contribution in [2.24, 2.45) is 9.98 Å². The summed E-state index contributed by atoms with van der Waals surface area (Å²) in [5.74, 6) is 0. The molecule has 5 heteroatoms.